The summed E-state index contributed by atoms with van der Waals surface area (Å²) < 4.78 is 26.5. The second kappa shape index (κ2) is 9.44. The van der Waals surface area contributed by atoms with Gasteiger partial charge in [0.2, 0.25) is 5.91 Å². The predicted molar refractivity (Wildman–Crippen MR) is 132 cm³/mol. The summed E-state index contributed by atoms with van der Waals surface area (Å²) in [6.07, 6.45) is 1.15. The molecule has 35 heavy (non-hydrogen) atoms. The second-order valence-corrected chi connectivity index (χ2v) is 10.8. The number of nitrogens with zero attached hydrogens (tertiary/aromatic N) is 3. The van der Waals surface area contributed by atoms with Gasteiger partial charge in [-0.15, -0.1) is 11.3 Å². The predicted octanol–water partition coefficient (Wildman–Crippen LogP) is 2.37. The highest BCUT2D eigenvalue weighted by Crippen LogP contribution is 2.27. The van der Waals surface area contributed by atoms with Crippen molar-refractivity contribution in [2.75, 3.05) is 17.3 Å². The molecule has 180 valence electrons. The molecule has 4 rings (SSSR count). The zero-order chi connectivity index (χ0) is 25.3. The van der Waals surface area contributed by atoms with Gasteiger partial charge in [0, 0.05) is 18.2 Å². The fraction of sp³-hybridized carbons (Fsp3) is 0.0952. The molecule has 3 aromatic rings. The lowest BCUT2D eigenvalue weighted by molar-refractivity contribution is -0.117. The van der Waals surface area contributed by atoms with Crippen LogP contribution < -0.4 is 20.7 Å². The number of nitrogens with two attached hydrogens (primary N) is 1. The Morgan fingerprint density at radius 2 is 1.97 bits per heavy atom. The number of hydrogen-bond donors (Lipinski definition) is 3. The van der Waals surface area contributed by atoms with Crippen molar-refractivity contribution in [3.63, 3.8) is 0 Å². The fourth-order valence-electron chi connectivity index (χ4n) is 3.31. The van der Waals surface area contributed by atoms with Crippen LogP contribution in [0.25, 0.3) is 0 Å². The molecule has 0 aliphatic carbocycles. The van der Waals surface area contributed by atoms with E-state index in [2.05, 4.69) is 15.3 Å². The number of amides is 4. The normalized spacial score (nSPS) is 14.0. The summed E-state index contributed by atoms with van der Waals surface area (Å²) in [6, 6.07) is 9.27. The molecule has 1 aromatic carbocycles. The van der Waals surface area contributed by atoms with E-state index in [4.69, 9.17) is 17.3 Å². The summed E-state index contributed by atoms with van der Waals surface area (Å²) in [5.74, 6) is -0.702. The number of imide groups is 1. The number of carbonyl (C=O) groups excluding carboxylic acids is 3. The van der Waals surface area contributed by atoms with Gasteiger partial charge in [-0.3, -0.25) is 14.6 Å². The van der Waals surface area contributed by atoms with Crippen molar-refractivity contribution in [3.05, 3.63) is 69.7 Å². The zero-order valence-corrected chi connectivity index (χ0v) is 20.4. The molecule has 3 heterocycles. The molecule has 0 saturated heterocycles. The minimum absolute atomic E-state index is 0.0411. The summed E-state index contributed by atoms with van der Waals surface area (Å²) in [7, 11) is -2.56. The van der Waals surface area contributed by atoms with Crippen molar-refractivity contribution in [1.82, 2.24) is 9.71 Å². The Balaban J connectivity index is 1.48. The van der Waals surface area contributed by atoms with Gasteiger partial charge in [0.25, 0.3) is 15.9 Å². The maximum Gasteiger partial charge on any atom is 0.333 e. The van der Waals surface area contributed by atoms with E-state index in [9.17, 15) is 22.8 Å². The molecule has 0 unspecified atom stereocenters. The van der Waals surface area contributed by atoms with E-state index in [0.29, 0.717) is 16.7 Å². The van der Waals surface area contributed by atoms with Crippen molar-refractivity contribution in [1.29, 1.82) is 0 Å². The van der Waals surface area contributed by atoms with Gasteiger partial charge in [-0.25, -0.2) is 27.8 Å². The Labute approximate surface area is 208 Å². The Kier molecular flexibility index (Phi) is 6.56. The third-order valence-electron chi connectivity index (χ3n) is 4.94. The van der Waals surface area contributed by atoms with Crippen LogP contribution in [0.1, 0.15) is 21.5 Å². The third-order valence-corrected chi connectivity index (χ3v) is 8.00. The van der Waals surface area contributed by atoms with Crippen LogP contribution in [0.2, 0.25) is 4.34 Å². The van der Waals surface area contributed by atoms with Gasteiger partial charge in [0.15, 0.2) is 0 Å². The first-order chi connectivity index (χ1) is 16.6. The fourth-order valence-corrected chi connectivity index (χ4v) is 5.70. The standard InChI is InChI=1S/C21H17ClN6O5S2/c1-24-19(23)11-2-4-14-12(8-11)9-17(29)28(20(14)30)16-6-3-13(10-25-16)26-21(31)27-35(32,33)18-7-5-15(22)34-18/h2-8,10H,9H2,1H3,(H2,23,24)(H2,26,27,31). The van der Waals surface area contributed by atoms with Crippen molar-refractivity contribution in [3.8, 4) is 0 Å². The topological polar surface area (TPSA) is 164 Å². The summed E-state index contributed by atoms with van der Waals surface area (Å²) in [4.78, 5) is 46.8. The van der Waals surface area contributed by atoms with Crippen molar-refractivity contribution in [2.45, 2.75) is 10.6 Å². The van der Waals surface area contributed by atoms with E-state index in [1.54, 1.807) is 25.2 Å². The molecule has 11 nitrogen and oxygen atoms in total. The maximum atomic E-state index is 13.0. The van der Waals surface area contributed by atoms with E-state index in [1.807, 2.05) is 4.72 Å². The van der Waals surface area contributed by atoms with E-state index in [0.717, 1.165) is 16.2 Å². The van der Waals surface area contributed by atoms with Gasteiger partial charge in [0.1, 0.15) is 15.9 Å². The van der Waals surface area contributed by atoms with Crippen LogP contribution in [-0.2, 0) is 21.2 Å². The summed E-state index contributed by atoms with van der Waals surface area (Å²) >= 11 is 6.54. The molecule has 0 saturated carbocycles. The molecule has 0 radical (unpaired) electrons. The number of aromatic nitrogens is 1. The number of urea groups is 1. The second-order valence-electron chi connectivity index (χ2n) is 7.22. The van der Waals surface area contributed by atoms with Crippen LogP contribution in [0.3, 0.4) is 0 Å². The Bertz CT molecular complexity index is 1480. The zero-order valence-electron chi connectivity index (χ0n) is 18.0. The average molecular weight is 533 g/mol. The van der Waals surface area contributed by atoms with Crippen LogP contribution in [0, 0.1) is 0 Å². The van der Waals surface area contributed by atoms with E-state index in [-0.39, 0.29) is 32.3 Å². The highest BCUT2D eigenvalue weighted by molar-refractivity contribution is 7.92. The average Bonchev–Trinajstić information content (AvgIpc) is 3.26. The molecule has 1 aliphatic heterocycles. The first-order valence-electron chi connectivity index (χ1n) is 9.87. The number of anilines is 2. The highest BCUT2D eigenvalue weighted by Gasteiger charge is 2.33. The van der Waals surface area contributed by atoms with Gasteiger partial charge in [0.05, 0.1) is 22.6 Å². The van der Waals surface area contributed by atoms with E-state index in [1.165, 1.54) is 30.5 Å². The number of benzene rings is 1. The molecule has 2 aromatic heterocycles. The lowest BCUT2D eigenvalue weighted by Crippen LogP contribution is -2.43. The Hall–Kier alpha value is -3.81. The van der Waals surface area contributed by atoms with Crippen molar-refractivity contribution in [2.24, 2.45) is 10.7 Å². The quantitative estimate of drug-likeness (QED) is 0.258. The number of aliphatic imine (C=N–C) groups is 1. The van der Waals surface area contributed by atoms with Crippen LogP contribution >= 0.6 is 22.9 Å². The molecule has 0 bridgehead atoms. The lowest BCUT2D eigenvalue weighted by atomic mass is 9.95. The van der Waals surface area contributed by atoms with Gasteiger partial charge < -0.3 is 11.1 Å². The van der Waals surface area contributed by atoms with Crippen LogP contribution in [0.4, 0.5) is 16.3 Å². The van der Waals surface area contributed by atoms with E-state index >= 15 is 0 Å². The number of sulfonamides is 1. The van der Waals surface area contributed by atoms with Gasteiger partial charge in [-0.1, -0.05) is 17.7 Å². The number of nitrogens with one attached hydrogen (secondary N) is 2. The number of amidine groups is 1. The van der Waals surface area contributed by atoms with Gasteiger partial charge >= 0.3 is 6.03 Å². The number of hydrogen-bond acceptors (Lipinski definition) is 8. The van der Waals surface area contributed by atoms with Crippen molar-refractivity contribution >= 4 is 68.1 Å². The lowest BCUT2D eigenvalue weighted by Gasteiger charge is -2.26. The largest absolute Gasteiger partial charge is 0.384 e. The minimum atomic E-state index is -4.10. The van der Waals surface area contributed by atoms with Crippen LogP contribution in [0.5, 0.6) is 0 Å². The van der Waals surface area contributed by atoms with Crippen LogP contribution in [0.15, 0.2) is 57.9 Å². The summed E-state index contributed by atoms with van der Waals surface area (Å²) in [5, 5.41) is 2.33. The number of thiophene rings is 1. The number of fused-ring (bicyclic) bond motifs is 1. The number of rotatable bonds is 5. The van der Waals surface area contributed by atoms with Crippen molar-refractivity contribution < 1.29 is 22.8 Å². The molecule has 1 aliphatic rings. The van der Waals surface area contributed by atoms with Gasteiger partial charge in [-0.05, 0) is 42.0 Å². The first kappa shape index (κ1) is 24.3. The van der Waals surface area contributed by atoms with Crippen LogP contribution in [-0.4, -0.2) is 44.1 Å². The molecule has 0 spiro atoms. The number of pyridine rings is 1. The molecule has 0 fully saturated rings. The monoisotopic (exact) mass is 532 g/mol. The molecule has 4 amide bonds. The summed E-state index contributed by atoms with van der Waals surface area (Å²) in [5.41, 5.74) is 7.43. The molecule has 4 N–H and O–H groups in total. The Morgan fingerprint density at radius 3 is 2.60 bits per heavy atom. The highest BCUT2D eigenvalue weighted by atomic mass is 35.5. The van der Waals surface area contributed by atoms with Gasteiger partial charge in [-0.2, -0.15) is 0 Å². The molecular weight excluding hydrogens is 516 g/mol. The van der Waals surface area contributed by atoms with E-state index < -0.39 is 27.9 Å². The smallest absolute Gasteiger partial charge is 0.333 e. The Morgan fingerprint density at radius 1 is 1.20 bits per heavy atom. The number of carbonyl (C=O) groups is 3. The first-order valence-corrected chi connectivity index (χ1v) is 12.5. The molecule has 0 atom stereocenters. The summed E-state index contributed by atoms with van der Waals surface area (Å²) in [6.45, 7) is 0. The molecular formula is C21H17ClN6O5S2. The maximum absolute atomic E-state index is 13.0. The molecule has 14 heteroatoms. The minimum Gasteiger partial charge on any atom is -0.384 e. The number of halogens is 1. The SMILES string of the molecule is CN=C(N)c1ccc2c(c1)CC(=O)N(c1ccc(NC(=O)NS(=O)(=O)c3ccc(Cl)s3)cn1)C2=O. The third kappa shape index (κ3) is 5.01.